The van der Waals surface area contributed by atoms with Crippen molar-refractivity contribution >= 4 is 33.2 Å². The predicted octanol–water partition coefficient (Wildman–Crippen LogP) is 3.33. The minimum absolute atomic E-state index is 0.0709. The van der Waals surface area contributed by atoms with E-state index in [1.807, 2.05) is 32.0 Å². The molecule has 2 amide bonds. The summed E-state index contributed by atoms with van der Waals surface area (Å²) in [6.07, 6.45) is 0.0819. The highest BCUT2D eigenvalue weighted by Gasteiger charge is 2.35. The number of amides is 2. The summed E-state index contributed by atoms with van der Waals surface area (Å²) in [5, 5.41) is 2.78. The van der Waals surface area contributed by atoms with E-state index in [9.17, 15) is 18.0 Å². The summed E-state index contributed by atoms with van der Waals surface area (Å²) in [4.78, 5) is 27.3. The molecule has 0 bridgehead atoms. The molecule has 1 fully saturated rings. The van der Waals surface area contributed by atoms with Crippen LogP contribution >= 0.6 is 0 Å². The molecule has 0 radical (unpaired) electrons. The zero-order chi connectivity index (χ0) is 24.3. The van der Waals surface area contributed by atoms with Crippen LogP contribution in [0.3, 0.4) is 0 Å². The number of carbonyl (C=O) groups is 2. The largest absolute Gasteiger partial charge is 0.495 e. The van der Waals surface area contributed by atoms with E-state index < -0.39 is 15.9 Å². The van der Waals surface area contributed by atoms with E-state index in [0.29, 0.717) is 18.8 Å². The zero-order valence-electron chi connectivity index (χ0n) is 19.7. The topological polar surface area (TPSA) is 96.0 Å². The lowest BCUT2D eigenvalue weighted by Gasteiger charge is -2.20. The van der Waals surface area contributed by atoms with Gasteiger partial charge in [-0.25, -0.2) is 8.42 Å². The van der Waals surface area contributed by atoms with E-state index in [4.69, 9.17) is 4.74 Å². The van der Waals surface area contributed by atoms with Crippen molar-refractivity contribution in [2.45, 2.75) is 39.0 Å². The molecule has 0 aromatic heterocycles. The summed E-state index contributed by atoms with van der Waals surface area (Å²) >= 11 is 0. The molecule has 2 aromatic carbocycles. The number of carbonyl (C=O) groups excluding carboxylic acids is 2. The molecule has 0 saturated carbocycles. The molecule has 1 atom stereocenters. The second kappa shape index (κ2) is 9.93. The van der Waals surface area contributed by atoms with Crippen molar-refractivity contribution in [2.24, 2.45) is 5.92 Å². The summed E-state index contributed by atoms with van der Waals surface area (Å²) in [5.74, 6) is -0.697. The van der Waals surface area contributed by atoms with Gasteiger partial charge in [0.1, 0.15) is 5.75 Å². The Balaban J connectivity index is 1.82. The van der Waals surface area contributed by atoms with Crippen molar-refractivity contribution in [1.82, 2.24) is 4.31 Å². The zero-order valence-corrected chi connectivity index (χ0v) is 20.5. The fraction of sp³-hybridized carbons (Fsp3) is 0.417. The van der Waals surface area contributed by atoms with Crippen LogP contribution < -0.4 is 15.0 Å². The lowest BCUT2D eigenvalue weighted by molar-refractivity contribution is -0.122. The number of methoxy groups -OCH3 is 1. The van der Waals surface area contributed by atoms with Gasteiger partial charge in [-0.05, 0) is 55.3 Å². The maximum absolute atomic E-state index is 13.0. The lowest BCUT2D eigenvalue weighted by Crippen LogP contribution is -2.31. The van der Waals surface area contributed by atoms with Crippen LogP contribution in [0.15, 0.2) is 41.3 Å². The number of anilines is 2. The van der Waals surface area contributed by atoms with E-state index in [0.717, 1.165) is 16.8 Å². The number of hydrogen-bond acceptors (Lipinski definition) is 5. The third kappa shape index (κ3) is 5.04. The van der Waals surface area contributed by atoms with Crippen molar-refractivity contribution in [2.75, 3.05) is 37.0 Å². The van der Waals surface area contributed by atoms with Crippen LogP contribution in [0.25, 0.3) is 0 Å². The second-order valence-electron chi connectivity index (χ2n) is 8.11. The molecule has 3 rings (SSSR count). The van der Waals surface area contributed by atoms with E-state index in [1.54, 1.807) is 18.7 Å². The molecule has 1 heterocycles. The first-order valence-corrected chi connectivity index (χ1v) is 12.4. The molecule has 1 aliphatic heterocycles. The fourth-order valence-electron chi connectivity index (χ4n) is 3.92. The average molecular weight is 474 g/mol. The van der Waals surface area contributed by atoms with Crippen LogP contribution in [0.2, 0.25) is 0 Å². The summed E-state index contributed by atoms with van der Waals surface area (Å²) < 4.78 is 32.5. The number of rotatable bonds is 8. The minimum atomic E-state index is -3.70. The molecule has 1 saturated heterocycles. The second-order valence-corrected chi connectivity index (χ2v) is 10.1. The van der Waals surface area contributed by atoms with Gasteiger partial charge in [0.15, 0.2) is 0 Å². The number of nitrogens with zero attached hydrogens (tertiary/aromatic N) is 2. The number of aryl methyl sites for hydroxylation is 2. The number of ether oxygens (including phenoxy) is 1. The van der Waals surface area contributed by atoms with E-state index in [2.05, 4.69) is 5.32 Å². The van der Waals surface area contributed by atoms with Crippen molar-refractivity contribution in [3.63, 3.8) is 0 Å². The number of hydrogen-bond donors (Lipinski definition) is 1. The first kappa shape index (κ1) is 24.7. The molecule has 9 heteroatoms. The third-order valence-electron chi connectivity index (χ3n) is 6.07. The summed E-state index contributed by atoms with van der Waals surface area (Å²) in [6, 6.07) is 10.2. The quantitative estimate of drug-likeness (QED) is 0.634. The highest BCUT2D eigenvalue weighted by molar-refractivity contribution is 7.89. The molecular weight excluding hydrogens is 442 g/mol. The molecule has 1 aliphatic rings. The van der Waals surface area contributed by atoms with E-state index in [-0.39, 0.29) is 35.4 Å². The normalized spacial score (nSPS) is 16.4. The van der Waals surface area contributed by atoms with Gasteiger partial charge in [0.2, 0.25) is 21.8 Å². The molecule has 33 heavy (non-hydrogen) atoms. The van der Waals surface area contributed by atoms with E-state index in [1.165, 1.54) is 29.6 Å². The molecule has 0 aliphatic carbocycles. The van der Waals surface area contributed by atoms with Crippen LogP contribution in [0.5, 0.6) is 5.75 Å². The van der Waals surface area contributed by atoms with Gasteiger partial charge in [-0.1, -0.05) is 19.9 Å². The van der Waals surface area contributed by atoms with Crippen LogP contribution in [0, 0.1) is 19.8 Å². The molecule has 0 unspecified atom stereocenters. The molecular formula is C24H31N3O5S. The van der Waals surface area contributed by atoms with Gasteiger partial charge < -0.3 is 15.0 Å². The fourth-order valence-corrected chi connectivity index (χ4v) is 5.40. The Morgan fingerprint density at radius 2 is 1.82 bits per heavy atom. The maximum Gasteiger partial charge on any atom is 0.243 e. The summed E-state index contributed by atoms with van der Waals surface area (Å²) in [5.41, 5.74) is 3.23. The van der Waals surface area contributed by atoms with Crippen LogP contribution in [0.1, 0.15) is 31.4 Å². The molecule has 2 aromatic rings. The standard InChI is InChI=1S/C24H31N3O5S/c1-6-26(7-2)33(30,31)20-10-11-22(32-5)21(14-20)25-24(29)18-13-23(28)27(15-18)19-9-8-16(3)17(4)12-19/h8-12,14,18H,6-7,13,15H2,1-5H3,(H,25,29)/t18-/m0/s1. The van der Waals surface area contributed by atoms with Gasteiger partial charge in [-0.15, -0.1) is 0 Å². The van der Waals surface area contributed by atoms with Gasteiger partial charge in [-0.2, -0.15) is 4.31 Å². The molecule has 8 nitrogen and oxygen atoms in total. The molecule has 178 valence electrons. The van der Waals surface area contributed by atoms with Crippen LogP contribution in [-0.4, -0.2) is 51.3 Å². The van der Waals surface area contributed by atoms with Crippen molar-refractivity contribution < 1.29 is 22.7 Å². The smallest absolute Gasteiger partial charge is 0.243 e. The number of nitrogens with one attached hydrogen (secondary N) is 1. The first-order chi connectivity index (χ1) is 15.6. The number of sulfonamides is 1. The minimum Gasteiger partial charge on any atom is -0.495 e. The highest BCUT2D eigenvalue weighted by atomic mass is 32.2. The Kier molecular flexibility index (Phi) is 7.44. The Hall–Kier alpha value is -2.91. The van der Waals surface area contributed by atoms with Crippen molar-refractivity contribution in [1.29, 1.82) is 0 Å². The Bertz CT molecular complexity index is 1160. The van der Waals surface area contributed by atoms with Gasteiger partial charge in [0.25, 0.3) is 0 Å². The van der Waals surface area contributed by atoms with Gasteiger partial charge in [0.05, 0.1) is 23.6 Å². The Morgan fingerprint density at radius 3 is 2.42 bits per heavy atom. The summed E-state index contributed by atoms with van der Waals surface area (Å²) in [7, 11) is -2.25. The van der Waals surface area contributed by atoms with Gasteiger partial charge in [-0.3, -0.25) is 9.59 Å². The summed E-state index contributed by atoms with van der Waals surface area (Å²) in [6.45, 7) is 8.46. The average Bonchev–Trinajstić information content (AvgIpc) is 3.18. The van der Waals surface area contributed by atoms with Crippen LogP contribution in [-0.2, 0) is 19.6 Å². The highest BCUT2D eigenvalue weighted by Crippen LogP contribution is 2.31. The van der Waals surface area contributed by atoms with Gasteiger partial charge >= 0.3 is 0 Å². The molecule has 1 N–H and O–H groups in total. The van der Waals surface area contributed by atoms with E-state index >= 15 is 0 Å². The SMILES string of the molecule is CCN(CC)S(=O)(=O)c1ccc(OC)c(NC(=O)[C@H]2CC(=O)N(c3ccc(C)c(C)c3)C2)c1. The maximum atomic E-state index is 13.0. The third-order valence-corrected chi connectivity index (χ3v) is 8.12. The predicted molar refractivity (Wildman–Crippen MR) is 128 cm³/mol. The first-order valence-electron chi connectivity index (χ1n) is 11.0. The van der Waals surface area contributed by atoms with Crippen LogP contribution in [0.4, 0.5) is 11.4 Å². The molecule has 0 spiro atoms. The monoisotopic (exact) mass is 473 g/mol. The van der Waals surface area contributed by atoms with Crippen molar-refractivity contribution in [3.05, 3.63) is 47.5 Å². The van der Waals surface area contributed by atoms with Crippen molar-refractivity contribution in [3.8, 4) is 5.75 Å². The van der Waals surface area contributed by atoms with Gasteiger partial charge in [0, 0.05) is 31.7 Å². The Labute approximate surface area is 195 Å². The lowest BCUT2D eigenvalue weighted by atomic mass is 10.1. The Morgan fingerprint density at radius 1 is 1.12 bits per heavy atom. The number of benzene rings is 2.